The van der Waals surface area contributed by atoms with Crippen molar-refractivity contribution in [1.82, 2.24) is 0 Å². The Morgan fingerprint density at radius 2 is 1.86 bits per heavy atom. The quantitative estimate of drug-likeness (QED) is 0.924. The van der Waals surface area contributed by atoms with E-state index in [1.54, 1.807) is 31.3 Å². The van der Waals surface area contributed by atoms with E-state index >= 15 is 0 Å². The van der Waals surface area contributed by atoms with Crippen molar-refractivity contribution in [2.45, 2.75) is 12.8 Å². The van der Waals surface area contributed by atoms with Crippen molar-refractivity contribution in [3.05, 3.63) is 65.2 Å². The fourth-order valence-corrected chi connectivity index (χ4v) is 2.53. The first-order valence-electron chi connectivity index (χ1n) is 6.97. The first kappa shape index (κ1) is 14.4. The fourth-order valence-electron chi connectivity index (χ4n) is 2.53. The molecule has 1 aliphatic heterocycles. The Labute approximate surface area is 128 Å². The van der Waals surface area contributed by atoms with Crippen molar-refractivity contribution in [2.24, 2.45) is 10.7 Å². The van der Waals surface area contributed by atoms with Gasteiger partial charge in [0.1, 0.15) is 6.67 Å². The molecule has 0 radical (unpaired) electrons. The number of aliphatic imine (C=N–C) groups is 1. The molecule has 1 amide bonds. The largest absolute Gasteiger partial charge is 0.312 e. The highest BCUT2D eigenvalue weighted by Gasteiger charge is 2.27. The number of benzodiazepines with no additional fused rings is 1. The molecule has 0 saturated heterocycles. The molecule has 0 spiro atoms. The predicted molar refractivity (Wildman–Crippen MR) is 84.7 cm³/mol. The van der Waals surface area contributed by atoms with Crippen molar-refractivity contribution in [2.75, 3.05) is 11.9 Å². The number of rotatable bonds is 2. The summed E-state index contributed by atoms with van der Waals surface area (Å²) in [5.74, 6) is -0.261. The van der Waals surface area contributed by atoms with Crippen LogP contribution in [0.25, 0.3) is 0 Å². The van der Waals surface area contributed by atoms with Gasteiger partial charge in [0.2, 0.25) is 0 Å². The summed E-state index contributed by atoms with van der Waals surface area (Å²) in [5, 5.41) is 0. The number of alkyl halides is 1. The molecule has 1 heterocycles. The molecule has 5 heteroatoms. The summed E-state index contributed by atoms with van der Waals surface area (Å²) in [4.78, 5) is 18.1. The second kappa shape index (κ2) is 5.69. The average Bonchev–Trinajstić information content (AvgIpc) is 2.66. The summed E-state index contributed by atoms with van der Waals surface area (Å²) < 4.78 is 12.7. The summed E-state index contributed by atoms with van der Waals surface area (Å²) in [6.07, 6.45) is -0.951. The Balaban J connectivity index is 2.17. The van der Waals surface area contributed by atoms with Gasteiger partial charge in [-0.3, -0.25) is 9.79 Å². The molecule has 4 nitrogen and oxygen atoms in total. The third-order valence-electron chi connectivity index (χ3n) is 3.75. The van der Waals surface area contributed by atoms with Gasteiger partial charge in [-0.1, -0.05) is 42.5 Å². The molecule has 1 unspecified atom stereocenters. The number of likely N-dealkylation sites (N-methyl/N-ethyl adjacent to an activating group) is 1. The average molecular weight is 297 g/mol. The number of hydrogen-bond donors (Lipinski definition) is 1. The monoisotopic (exact) mass is 297 g/mol. The van der Waals surface area contributed by atoms with Gasteiger partial charge in [0, 0.05) is 18.2 Å². The fraction of sp³-hybridized carbons (Fsp3) is 0.176. The molecular formula is C17H16FN3O. The van der Waals surface area contributed by atoms with Gasteiger partial charge in [0.15, 0.2) is 6.17 Å². The predicted octanol–water partition coefficient (Wildman–Crippen LogP) is 2.25. The molecule has 2 aromatic rings. The van der Waals surface area contributed by atoms with E-state index in [0.717, 1.165) is 16.8 Å². The lowest BCUT2D eigenvalue weighted by Gasteiger charge is -2.18. The van der Waals surface area contributed by atoms with Crippen LogP contribution >= 0.6 is 0 Å². The van der Waals surface area contributed by atoms with Crippen molar-refractivity contribution in [1.29, 1.82) is 0 Å². The van der Waals surface area contributed by atoms with Gasteiger partial charge in [-0.05, 0) is 11.6 Å². The van der Waals surface area contributed by atoms with E-state index < -0.39 is 12.8 Å². The molecule has 1 aliphatic rings. The molecule has 22 heavy (non-hydrogen) atoms. The minimum Gasteiger partial charge on any atom is -0.312 e. The van der Waals surface area contributed by atoms with E-state index in [-0.39, 0.29) is 5.91 Å². The van der Waals surface area contributed by atoms with Crippen LogP contribution < -0.4 is 10.6 Å². The van der Waals surface area contributed by atoms with Gasteiger partial charge in [-0.2, -0.15) is 0 Å². The molecule has 0 fully saturated rings. The van der Waals surface area contributed by atoms with Crippen LogP contribution in [0.5, 0.6) is 0 Å². The van der Waals surface area contributed by atoms with Crippen LogP contribution in [0, 0.1) is 0 Å². The Hall–Kier alpha value is -2.53. The first-order valence-corrected chi connectivity index (χ1v) is 6.97. The van der Waals surface area contributed by atoms with Crippen LogP contribution in [0.3, 0.4) is 0 Å². The van der Waals surface area contributed by atoms with E-state index in [9.17, 15) is 9.18 Å². The van der Waals surface area contributed by atoms with Gasteiger partial charge >= 0.3 is 0 Å². The molecular weight excluding hydrogens is 281 g/mol. The van der Waals surface area contributed by atoms with Crippen LogP contribution in [-0.2, 0) is 11.5 Å². The molecule has 3 rings (SSSR count). The topological polar surface area (TPSA) is 58.7 Å². The number of fused-ring (bicyclic) bond motifs is 1. The molecule has 2 aromatic carbocycles. The summed E-state index contributed by atoms with van der Waals surface area (Å²) in [5.41, 5.74) is 9.54. The number of amides is 1. The Bertz CT molecular complexity index is 740. The van der Waals surface area contributed by atoms with E-state index in [2.05, 4.69) is 4.99 Å². The zero-order chi connectivity index (χ0) is 15.7. The van der Waals surface area contributed by atoms with Gasteiger partial charge in [-0.15, -0.1) is 0 Å². The third kappa shape index (κ3) is 2.40. The van der Waals surface area contributed by atoms with Crippen LogP contribution in [0.1, 0.15) is 16.7 Å². The third-order valence-corrected chi connectivity index (χ3v) is 3.75. The van der Waals surface area contributed by atoms with E-state index in [0.29, 0.717) is 11.3 Å². The zero-order valence-electron chi connectivity index (χ0n) is 12.2. The van der Waals surface area contributed by atoms with Gasteiger partial charge < -0.3 is 10.6 Å². The molecule has 0 aliphatic carbocycles. The minimum atomic E-state index is -0.951. The number of nitrogens with zero attached hydrogens (tertiary/aromatic N) is 2. The first-order chi connectivity index (χ1) is 10.6. The van der Waals surface area contributed by atoms with Crippen LogP contribution in [0.4, 0.5) is 10.1 Å². The molecule has 0 saturated carbocycles. The lowest BCUT2D eigenvalue weighted by atomic mass is 9.99. The number of benzene rings is 2. The van der Waals surface area contributed by atoms with Crippen LogP contribution in [0.2, 0.25) is 0 Å². The molecule has 0 aromatic heterocycles. The number of halogens is 1. The van der Waals surface area contributed by atoms with Crippen molar-refractivity contribution in [3.8, 4) is 0 Å². The normalized spacial score (nSPS) is 17.8. The molecule has 112 valence electrons. The maximum atomic E-state index is 12.7. The lowest BCUT2D eigenvalue weighted by Crippen LogP contribution is -2.39. The highest BCUT2D eigenvalue weighted by atomic mass is 19.1. The van der Waals surface area contributed by atoms with E-state index in [4.69, 9.17) is 5.73 Å². The zero-order valence-corrected chi connectivity index (χ0v) is 12.2. The lowest BCUT2D eigenvalue weighted by molar-refractivity contribution is -0.119. The number of carbonyl (C=O) groups excluding carboxylic acids is 1. The van der Waals surface area contributed by atoms with Gasteiger partial charge in [0.25, 0.3) is 5.91 Å². The number of carbonyl (C=O) groups is 1. The maximum Gasteiger partial charge on any atom is 0.266 e. The molecule has 1 atom stereocenters. The van der Waals surface area contributed by atoms with Gasteiger partial charge in [-0.25, -0.2) is 4.39 Å². The SMILES string of the molecule is CN1C(=O)C(N)N=C(c2ccc(CF)cc2)c2ccccc21. The number of hydrogen-bond acceptors (Lipinski definition) is 3. The Kier molecular flexibility index (Phi) is 3.73. The Morgan fingerprint density at radius 1 is 1.18 bits per heavy atom. The van der Waals surface area contributed by atoms with Gasteiger partial charge in [0.05, 0.1) is 11.4 Å². The standard InChI is InChI=1S/C17H16FN3O/c1-21-14-5-3-2-4-13(14)15(20-16(19)17(21)22)12-8-6-11(10-18)7-9-12/h2-9,16H,10,19H2,1H3. The number of para-hydroxylation sites is 1. The minimum absolute atomic E-state index is 0.261. The summed E-state index contributed by atoms with van der Waals surface area (Å²) in [6, 6.07) is 14.5. The molecule has 2 N–H and O–H groups in total. The van der Waals surface area contributed by atoms with Crippen LogP contribution in [-0.4, -0.2) is 24.8 Å². The van der Waals surface area contributed by atoms with Crippen molar-refractivity contribution < 1.29 is 9.18 Å². The van der Waals surface area contributed by atoms with Crippen LogP contribution in [0.15, 0.2) is 53.5 Å². The van der Waals surface area contributed by atoms with Crippen molar-refractivity contribution in [3.63, 3.8) is 0 Å². The highest BCUT2D eigenvalue weighted by Crippen LogP contribution is 2.26. The number of anilines is 1. The second-order valence-corrected chi connectivity index (χ2v) is 5.17. The summed E-state index contributed by atoms with van der Waals surface area (Å²) in [6.45, 7) is -0.510. The number of nitrogens with two attached hydrogens (primary N) is 1. The summed E-state index contributed by atoms with van der Waals surface area (Å²) >= 11 is 0. The smallest absolute Gasteiger partial charge is 0.266 e. The van der Waals surface area contributed by atoms with E-state index in [1.807, 2.05) is 24.3 Å². The van der Waals surface area contributed by atoms with Crippen molar-refractivity contribution >= 4 is 17.3 Å². The Morgan fingerprint density at radius 3 is 2.55 bits per heavy atom. The highest BCUT2D eigenvalue weighted by molar-refractivity contribution is 6.19. The molecule has 0 bridgehead atoms. The second-order valence-electron chi connectivity index (χ2n) is 5.17. The summed E-state index contributed by atoms with van der Waals surface area (Å²) in [7, 11) is 1.69. The maximum absolute atomic E-state index is 12.7. The van der Waals surface area contributed by atoms with E-state index in [1.165, 1.54) is 4.90 Å².